The molecule has 22 heavy (non-hydrogen) atoms. The Morgan fingerprint density at radius 1 is 1.45 bits per heavy atom. The van der Waals surface area contributed by atoms with Gasteiger partial charge in [0.05, 0.1) is 26.3 Å². The highest BCUT2D eigenvalue weighted by Gasteiger charge is 2.54. The molecular weight excluding hydrogens is 280 g/mol. The maximum atomic E-state index is 11.9. The molecule has 0 radical (unpaired) electrons. The van der Waals surface area contributed by atoms with Crippen molar-refractivity contribution >= 4 is 5.91 Å². The molecule has 0 saturated carbocycles. The lowest BCUT2D eigenvalue weighted by Crippen LogP contribution is -2.66. The molecule has 2 fully saturated rings. The number of likely N-dealkylation sites (tertiary alicyclic amines) is 1. The highest BCUT2D eigenvalue weighted by molar-refractivity contribution is 5.77. The number of ether oxygens (including phenoxy) is 2. The highest BCUT2D eigenvalue weighted by Crippen LogP contribution is 2.40. The van der Waals surface area contributed by atoms with Crippen LogP contribution in [0.25, 0.3) is 0 Å². The SMILES string of the molecule is CCCC(=O)N1CC2(C1)OCCC2COCc1ccncc1. The molecule has 2 aliphatic heterocycles. The quantitative estimate of drug-likeness (QED) is 0.807. The van der Waals surface area contributed by atoms with Gasteiger partial charge in [0, 0.05) is 31.3 Å². The molecule has 1 amide bonds. The van der Waals surface area contributed by atoms with E-state index >= 15 is 0 Å². The van der Waals surface area contributed by atoms with Gasteiger partial charge in [0.1, 0.15) is 5.60 Å². The molecule has 1 aromatic heterocycles. The lowest BCUT2D eigenvalue weighted by Gasteiger charge is -2.50. The van der Waals surface area contributed by atoms with E-state index in [1.165, 1.54) is 0 Å². The van der Waals surface area contributed by atoms with E-state index in [0.29, 0.717) is 25.6 Å². The molecule has 2 saturated heterocycles. The summed E-state index contributed by atoms with van der Waals surface area (Å²) in [6, 6.07) is 3.94. The van der Waals surface area contributed by atoms with Gasteiger partial charge in [-0.15, -0.1) is 0 Å². The number of hydrogen-bond acceptors (Lipinski definition) is 4. The van der Waals surface area contributed by atoms with Crippen molar-refractivity contribution in [3.05, 3.63) is 30.1 Å². The average Bonchev–Trinajstić information content (AvgIpc) is 2.91. The fraction of sp³-hybridized carbons (Fsp3) is 0.647. The van der Waals surface area contributed by atoms with Gasteiger partial charge >= 0.3 is 0 Å². The van der Waals surface area contributed by atoms with Gasteiger partial charge in [-0.25, -0.2) is 0 Å². The van der Waals surface area contributed by atoms with E-state index in [1.54, 1.807) is 12.4 Å². The molecule has 5 heteroatoms. The van der Waals surface area contributed by atoms with Crippen LogP contribution in [0.15, 0.2) is 24.5 Å². The molecule has 5 nitrogen and oxygen atoms in total. The number of amides is 1. The van der Waals surface area contributed by atoms with Crippen LogP contribution in [-0.4, -0.2) is 47.7 Å². The summed E-state index contributed by atoms with van der Waals surface area (Å²) in [6.07, 6.45) is 6.12. The number of rotatable bonds is 6. The Hall–Kier alpha value is -1.46. The van der Waals surface area contributed by atoms with Gasteiger partial charge in [-0.05, 0) is 30.5 Å². The largest absolute Gasteiger partial charge is 0.376 e. The Kier molecular flexibility index (Phi) is 4.74. The van der Waals surface area contributed by atoms with Gasteiger partial charge in [-0.3, -0.25) is 9.78 Å². The monoisotopic (exact) mass is 304 g/mol. The lowest BCUT2D eigenvalue weighted by atomic mass is 9.81. The molecule has 2 aliphatic rings. The Labute approximate surface area is 131 Å². The summed E-state index contributed by atoms with van der Waals surface area (Å²) in [6.45, 7) is 5.57. The number of pyridine rings is 1. The van der Waals surface area contributed by atoms with E-state index < -0.39 is 0 Å². The Morgan fingerprint density at radius 2 is 2.23 bits per heavy atom. The zero-order valence-electron chi connectivity index (χ0n) is 13.2. The van der Waals surface area contributed by atoms with Gasteiger partial charge in [-0.2, -0.15) is 0 Å². The van der Waals surface area contributed by atoms with E-state index in [9.17, 15) is 4.79 Å². The van der Waals surface area contributed by atoms with Crippen LogP contribution in [0.1, 0.15) is 31.7 Å². The molecule has 1 aromatic rings. The summed E-state index contributed by atoms with van der Waals surface area (Å²) < 4.78 is 11.8. The third-order valence-corrected chi connectivity index (χ3v) is 4.67. The van der Waals surface area contributed by atoms with Crippen LogP contribution in [0.4, 0.5) is 0 Å². The van der Waals surface area contributed by atoms with Crippen LogP contribution in [0.3, 0.4) is 0 Å². The molecule has 0 aromatic carbocycles. The minimum Gasteiger partial charge on any atom is -0.376 e. The van der Waals surface area contributed by atoms with Crippen LogP contribution in [0, 0.1) is 5.92 Å². The normalized spacial score (nSPS) is 22.8. The van der Waals surface area contributed by atoms with Gasteiger partial charge < -0.3 is 14.4 Å². The van der Waals surface area contributed by atoms with Crippen molar-refractivity contribution < 1.29 is 14.3 Å². The molecule has 1 unspecified atom stereocenters. The summed E-state index contributed by atoms with van der Waals surface area (Å²) in [5.41, 5.74) is 0.984. The first-order valence-electron chi connectivity index (χ1n) is 8.12. The molecule has 0 N–H and O–H groups in total. The third kappa shape index (κ3) is 3.15. The van der Waals surface area contributed by atoms with Crippen molar-refractivity contribution in [3.8, 4) is 0 Å². The van der Waals surface area contributed by atoms with Crippen LogP contribution < -0.4 is 0 Å². The second kappa shape index (κ2) is 6.75. The van der Waals surface area contributed by atoms with Gasteiger partial charge in [0.15, 0.2) is 0 Å². The van der Waals surface area contributed by atoms with Gasteiger partial charge in [0.2, 0.25) is 5.91 Å². The third-order valence-electron chi connectivity index (χ3n) is 4.67. The van der Waals surface area contributed by atoms with Crippen LogP contribution in [0.5, 0.6) is 0 Å². The fourth-order valence-electron chi connectivity index (χ4n) is 3.32. The summed E-state index contributed by atoms with van der Waals surface area (Å²) >= 11 is 0. The summed E-state index contributed by atoms with van der Waals surface area (Å²) in [5.74, 6) is 0.639. The minimum absolute atomic E-state index is 0.151. The molecule has 120 valence electrons. The first-order chi connectivity index (χ1) is 10.7. The lowest BCUT2D eigenvalue weighted by molar-refractivity contribution is -0.169. The number of aromatic nitrogens is 1. The maximum Gasteiger partial charge on any atom is 0.222 e. The zero-order chi connectivity index (χ0) is 15.4. The summed E-state index contributed by atoms with van der Waals surface area (Å²) in [7, 11) is 0. The van der Waals surface area contributed by atoms with E-state index in [0.717, 1.165) is 38.1 Å². The Morgan fingerprint density at radius 3 is 2.95 bits per heavy atom. The molecule has 1 spiro atoms. The highest BCUT2D eigenvalue weighted by atomic mass is 16.5. The topological polar surface area (TPSA) is 51.7 Å². The summed E-state index contributed by atoms with van der Waals surface area (Å²) in [5, 5.41) is 0. The molecule has 0 bridgehead atoms. The van der Waals surface area contributed by atoms with Gasteiger partial charge in [-0.1, -0.05) is 6.92 Å². The standard InChI is InChI=1S/C17H24N2O3/c1-2-3-16(20)19-12-17(13-19)15(6-9-22-17)11-21-10-14-4-7-18-8-5-14/h4-5,7-8,15H,2-3,6,9-13H2,1H3. The van der Waals surface area contributed by atoms with Crippen molar-refractivity contribution in [1.29, 1.82) is 0 Å². The van der Waals surface area contributed by atoms with E-state index in [2.05, 4.69) is 4.98 Å². The first kappa shape index (κ1) is 15.4. The van der Waals surface area contributed by atoms with Crippen LogP contribution in [-0.2, 0) is 20.9 Å². The van der Waals surface area contributed by atoms with Crippen molar-refractivity contribution in [2.45, 2.75) is 38.4 Å². The number of carbonyl (C=O) groups excluding carboxylic acids is 1. The zero-order valence-corrected chi connectivity index (χ0v) is 13.2. The van der Waals surface area contributed by atoms with Crippen LogP contribution >= 0.6 is 0 Å². The average molecular weight is 304 g/mol. The van der Waals surface area contributed by atoms with E-state index in [1.807, 2.05) is 24.0 Å². The van der Waals surface area contributed by atoms with Crippen molar-refractivity contribution in [1.82, 2.24) is 9.88 Å². The van der Waals surface area contributed by atoms with Crippen molar-refractivity contribution in [2.24, 2.45) is 5.92 Å². The number of carbonyl (C=O) groups is 1. The molecule has 1 atom stereocenters. The Bertz CT molecular complexity index is 500. The predicted molar refractivity (Wildman–Crippen MR) is 82.2 cm³/mol. The molecular formula is C17H24N2O3. The fourth-order valence-corrected chi connectivity index (χ4v) is 3.32. The second-order valence-corrected chi connectivity index (χ2v) is 6.27. The maximum absolute atomic E-state index is 11.9. The number of nitrogens with zero attached hydrogens (tertiary/aromatic N) is 2. The van der Waals surface area contributed by atoms with Crippen LogP contribution in [0.2, 0.25) is 0 Å². The van der Waals surface area contributed by atoms with Crippen molar-refractivity contribution in [3.63, 3.8) is 0 Å². The second-order valence-electron chi connectivity index (χ2n) is 6.27. The molecule has 3 rings (SSSR count). The first-order valence-corrected chi connectivity index (χ1v) is 8.12. The predicted octanol–water partition coefficient (Wildman–Crippen LogP) is 2.02. The molecule has 3 heterocycles. The van der Waals surface area contributed by atoms with E-state index in [-0.39, 0.29) is 11.5 Å². The Balaban J connectivity index is 1.47. The molecule has 0 aliphatic carbocycles. The minimum atomic E-state index is -0.151. The van der Waals surface area contributed by atoms with Gasteiger partial charge in [0.25, 0.3) is 0 Å². The number of hydrogen-bond donors (Lipinski definition) is 0. The van der Waals surface area contributed by atoms with E-state index in [4.69, 9.17) is 9.47 Å². The summed E-state index contributed by atoms with van der Waals surface area (Å²) in [4.78, 5) is 17.8. The van der Waals surface area contributed by atoms with Crippen molar-refractivity contribution in [2.75, 3.05) is 26.3 Å². The smallest absolute Gasteiger partial charge is 0.222 e.